The first-order valence-corrected chi connectivity index (χ1v) is 4.16. The summed E-state index contributed by atoms with van der Waals surface area (Å²) in [6.07, 6.45) is 1.67. The molecule has 0 aromatic rings. The lowest BCUT2D eigenvalue weighted by atomic mass is 9.97. The zero-order chi connectivity index (χ0) is 9.56. The van der Waals surface area contributed by atoms with Crippen molar-refractivity contribution in [1.29, 1.82) is 0 Å². The molecule has 0 aromatic carbocycles. The van der Waals surface area contributed by atoms with Gasteiger partial charge < -0.3 is 9.53 Å². The third-order valence-electron chi connectivity index (χ3n) is 1.84. The monoisotopic (exact) mass is 172 g/mol. The minimum absolute atomic E-state index is 0.130. The van der Waals surface area contributed by atoms with Crippen LogP contribution >= 0.6 is 0 Å². The molecule has 0 spiro atoms. The van der Waals surface area contributed by atoms with Gasteiger partial charge in [-0.15, -0.1) is 0 Å². The molecule has 0 heterocycles. The molecule has 0 fully saturated rings. The van der Waals surface area contributed by atoms with Crippen LogP contribution in [0.15, 0.2) is 0 Å². The second-order valence-electron chi connectivity index (χ2n) is 2.96. The van der Waals surface area contributed by atoms with Gasteiger partial charge in [0, 0.05) is 12.8 Å². The Labute approximate surface area is 73.1 Å². The molecule has 0 aromatic heterocycles. The molecule has 0 aliphatic carbocycles. The first-order valence-electron chi connectivity index (χ1n) is 4.16. The first-order chi connectivity index (χ1) is 5.60. The van der Waals surface area contributed by atoms with Crippen molar-refractivity contribution >= 4 is 11.8 Å². The van der Waals surface area contributed by atoms with Crippen LogP contribution in [0.25, 0.3) is 0 Å². The Kier molecular flexibility index (Phi) is 5.34. The summed E-state index contributed by atoms with van der Waals surface area (Å²) in [7, 11) is 1.36. The Morgan fingerprint density at radius 3 is 2.25 bits per heavy atom. The Morgan fingerprint density at radius 1 is 1.33 bits per heavy atom. The van der Waals surface area contributed by atoms with Crippen LogP contribution in [0.3, 0.4) is 0 Å². The number of esters is 1. The molecule has 3 nitrogen and oxygen atoms in total. The van der Waals surface area contributed by atoms with Crippen molar-refractivity contribution in [3.05, 3.63) is 0 Å². The van der Waals surface area contributed by atoms with E-state index in [2.05, 4.69) is 4.74 Å². The highest BCUT2D eigenvalue weighted by Gasteiger charge is 2.13. The molecule has 0 N–H and O–H groups in total. The smallest absolute Gasteiger partial charge is 0.305 e. The fraction of sp³-hybridized carbons (Fsp3) is 0.778. The molecule has 0 radical (unpaired) electrons. The minimum atomic E-state index is -0.233. The summed E-state index contributed by atoms with van der Waals surface area (Å²) < 4.78 is 4.51. The molecular weight excluding hydrogens is 156 g/mol. The highest BCUT2D eigenvalue weighted by atomic mass is 16.5. The lowest BCUT2D eigenvalue weighted by Crippen LogP contribution is -2.12. The SMILES string of the molecule is CC[C@@H](CC(C)=O)CC(=O)OC. The number of Topliss-reactive ketones (excluding diaryl/α,β-unsaturated/α-hetero) is 1. The van der Waals surface area contributed by atoms with Crippen LogP contribution in [0.4, 0.5) is 0 Å². The predicted octanol–water partition coefficient (Wildman–Crippen LogP) is 1.55. The number of hydrogen-bond acceptors (Lipinski definition) is 3. The molecule has 0 saturated carbocycles. The third kappa shape index (κ3) is 4.88. The Balaban J connectivity index is 3.82. The van der Waals surface area contributed by atoms with Crippen LogP contribution in [0, 0.1) is 5.92 Å². The standard InChI is InChI=1S/C9H16O3/c1-4-8(5-7(2)10)6-9(11)12-3/h8H,4-6H2,1-3H3/t8-/m0/s1. The fourth-order valence-electron chi connectivity index (χ4n) is 1.09. The quantitative estimate of drug-likeness (QED) is 0.591. The molecule has 70 valence electrons. The second-order valence-corrected chi connectivity index (χ2v) is 2.96. The maximum absolute atomic E-state index is 10.8. The molecule has 0 aliphatic heterocycles. The van der Waals surface area contributed by atoms with Crippen molar-refractivity contribution in [2.24, 2.45) is 5.92 Å². The van der Waals surface area contributed by atoms with Crippen molar-refractivity contribution in [3.63, 3.8) is 0 Å². The lowest BCUT2D eigenvalue weighted by Gasteiger charge is -2.10. The normalized spacial score (nSPS) is 12.2. The van der Waals surface area contributed by atoms with Crippen molar-refractivity contribution < 1.29 is 14.3 Å². The predicted molar refractivity (Wildman–Crippen MR) is 45.7 cm³/mol. The van der Waals surface area contributed by atoms with Gasteiger partial charge in [-0.3, -0.25) is 4.79 Å². The summed E-state index contributed by atoms with van der Waals surface area (Å²) in [6, 6.07) is 0. The van der Waals surface area contributed by atoms with Gasteiger partial charge in [0.15, 0.2) is 0 Å². The van der Waals surface area contributed by atoms with E-state index in [1.165, 1.54) is 7.11 Å². The molecule has 3 heteroatoms. The van der Waals surface area contributed by atoms with Gasteiger partial charge in [0.05, 0.1) is 7.11 Å². The highest BCUT2D eigenvalue weighted by molar-refractivity contribution is 5.77. The van der Waals surface area contributed by atoms with E-state index in [0.717, 1.165) is 6.42 Å². The minimum Gasteiger partial charge on any atom is -0.469 e. The number of ether oxygens (including phenoxy) is 1. The van der Waals surface area contributed by atoms with Gasteiger partial charge in [-0.05, 0) is 12.8 Å². The number of carbonyl (C=O) groups excluding carboxylic acids is 2. The van der Waals surface area contributed by atoms with Gasteiger partial charge in [-0.1, -0.05) is 13.3 Å². The number of ketones is 1. The van der Waals surface area contributed by atoms with Crippen molar-refractivity contribution in [2.45, 2.75) is 33.1 Å². The average Bonchev–Trinajstić information content (AvgIpc) is 2.02. The van der Waals surface area contributed by atoms with E-state index in [4.69, 9.17) is 0 Å². The summed E-state index contributed by atoms with van der Waals surface area (Å²) in [5.41, 5.74) is 0. The maximum atomic E-state index is 10.8. The molecule has 12 heavy (non-hydrogen) atoms. The summed E-state index contributed by atoms with van der Waals surface area (Å²) in [5.74, 6) is 0.0452. The number of carbonyl (C=O) groups is 2. The zero-order valence-corrected chi connectivity index (χ0v) is 7.92. The molecular formula is C9H16O3. The lowest BCUT2D eigenvalue weighted by molar-refractivity contribution is -0.141. The van der Waals surface area contributed by atoms with Crippen LogP contribution in [0.1, 0.15) is 33.1 Å². The largest absolute Gasteiger partial charge is 0.469 e. The van der Waals surface area contributed by atoms with Crippen LogP contribution in [0.5, 0.6) is 0 Å². The van der Waals surface area contributed by atoms with E-state index < -0.39 is 0 Å². The van der Waals surface area contributed by atoms with Crippen LogP contribution in [-0.2, 0) is 14.3 Å². The fourth-order valence-corrected chi connectivity index (χ4v) is 1.09. The van der Waals surface area contributed by atoms with E-state index in [9.17, 15) is 9.59 Å². The summed E-state index contributed by atoms with van der Waals surface area (Å²) in [5, 5.41) is 0. The van der Waals surface area contributed by atoms with Crippen LogP contribution in [-0.4, -0.2) is 18.9 Å². The molecule has 0 aliphatic rings. The van der Waals surface area contributed by atoms with Gasteiger partial charge in [0.25, 0.3) is 0 Å². The van der Waals surface area contributed by atoms with Gasteiger partial charge in [-0.25, -0.2) is 0 Å². The van der Waals surface area contributed by atoms with Gasteiger partial charge in [-0.2, -0.15) is 0 Å². The zero-order valence-electron chi connectivity index (χ0n) is 7.92. The van der Waals surface area contributed by atoms with E-state index in [-0.39, 0.29) is 17.7 Å². The molecule has 0 rings (SSSR count). The first kappa shape index (κ1) is 11.1. The maximum Gasteiger partial charge on any atom is 0.305 e. The Bertz CT molecular complexity index is 163. The van der Waals surface area contributed by atoms with Gasteiger partial charge in [0.2, 0.25) is 0 Å². The molecule has 0 bridgehead atoms. The van der Waals surface area contributed by atoms with Crippen molar-refractivity contribution in [3.8, 4) is 0 Å². The van der Waals surface area contributed by atoms with E-state index in [1.807, 2.05) is 6.92 Å². The second kappa shape index (κ2) is 5.75. The number of hydrogen-bond donors (Lipinski definition) is 0. The van der Waals surface area contributed by atoms with E-state index >= 15 is 0 Å². The number of rotatable bonds is 5. The Hall–Kier alpha value is -0.860. The van der Waals surface area contributed by atoms with Crippen LogP contribution < -0.4 is 0 Å². The summed E-state index contributed by atoms with van der Waals surface area (Å²) in [4.78, 5) is 21.6. The highest BCUT2D eigenvalue weighted by Crippen LogP contribution is 2.13. The van der Waals surface area contributed by atoms with Crippen molar-refractivity contribution in [2.75, 3.05) is 7.11 Å². The van der Waals surface area contributed by atoms with Gasteiger partial charge >= 0.3 is 5.97 Å². The molecule has 0 unspecified atom stereocenters. The Morgan fingerprint density at radius 2 is 1.92 bits per heavy atom. The molecule has 1 atom stereocenters. The topological polar surface area (TPSA) is 43.4 Å². The summed E-state index contributed by atoms with van der Waals surface area (Å²) in [6.45, 7) is 3.51. The third-order valence-corrected chi connectivity index (χ3v) is 1.84. The van der Waals surface area contributed by atoms with Gasteiger partial charge in [0.1, 0.15) is 5.78 Å². The van der Waals surface area contributed by atoms with E-state index in [0.29, 0.717) is 12.8 Å². The average molecular weight is 172 g/mol. The van der Waals surface area contributed by atoms with E-state index in [1.54, 1.807) is 6.92 Å². The van der Waals surface area contributed by atoms with Crippen LogP contribution in [0.2, 0.25) is 0 Å². The van der Waals surface area contributed by atoms with Crippen molar-refractivity contribution in [1.82, 2.24) is 0 Å². The number of methoxy groups -OCH3 is 1. The summed E-state index contributed by atoms with van der Waals surface area (Å²) >= 11 is 0. The molecule has 0 saturated heterocycles. The molecule has 0 amide bonds.